The maximum atomic E-state index is 13.3. The number of nitriles is 1. The summed E-state index contributed by atoms with van der Waals surface area (Å²) in [6.07, 6.45) is 0.322. The number of nitrogens with one attached hydrogen (secondary N) is 2. The van der Waals surface area contributed by atoms with E-state index in [0.717, 1.165) is 35.8 Å². The summed E-state index contributed by atoms with van der Waals surface area (Å²) >= 11 is 0. The smallest absolute Gasteiger partial charge is 0.264 e. The summed E-state index contributed by atoms with van der Waals surface area (Å²) in [6.45, 7) is 2.90. The molecule has 0 bridgehead atoms. The number of anilines is 1. The molecule has 0 saturated carbocycles. The number of nitrogens with zero attached hydrogens (tertiary/aromatic N) is 3. The molecule has 206 valence electrons. The van der Waals surface area contributed by atoms with Gasteiger partial charge in [0.1, 0.15) is 17.9 Å². The average molecular weight is 550 g/mol. The molecule has 2 saturated heterocycles. The van der Waals surface area contributed by atoms with Gasteiger partial charge in [-0.1, -0.05) is 30.3 Å². The van der Waals surface area contributed by atoms with Gasteiger partial charge in [-0.25, -0.2) is 0 Å². The van der Waals surface area contributed by atoms with Gasteiger partial charge in [-0.2, -0.15) is 5.26 Å². The summed E-state index contributed by atoms with van der Waals surface area (Å²) in [5, 5.41) is 14.4. The molecule has 10 nitrogen and oxygen atoms in total. The van der Waals surface area contributed by atoms with Crippen LogP contribution in [-0.2, 0) is 22.7 Å². The van der Waals surface area contributed by atoms with E-state index in [2.05, 4.69) is 33.7 Å². The van der Waals surface area contributed by atoms with Crippen LogP contribution in [0, 0.1) is 11.3 Å². The van der Waals surface area contributed by atoms with Crippen molar-refractivity contribution in [1.29, 1.82) is 5.26 Å². The zero-order valence-corrected chi connectivity index (χ0v) is 22.1. The van der Waals surface area contributed by atoms with Crippen LogP contribution < -0.4 is 15.4 Å². The van der Waals surface area contributed by atoms with E-state index >= 15 is 0 Å². The first-order valence-corrected chi connectivity index (χ1v) is 13.4. The number of likely N-dealkylation sites (tertiary alicyclic amines) is 1. The third-order valence-electron chi connectivity index (χ3n) is 7.59. The van der Waals surface area contributed by atoms with Crippen LogP contribution >= 0.6 is 0 Å². The molecule has 6 rings (SSSR count). The summed E-state index contributed by atoms with van der Waals surface area (Å²) in [5.74, 6) is -1.32. The Balaban J connectivity index is 1.03. The number of hydrogen-bond donors (Lipinski definition) is 2. The lowest BCUT2D eigenvalue weighted by molar-refractivity contribution is -0.136. The first kappa shape index (κ1) is 26.2. The van der Waals surface area contributed by atoms with E-state index in [1.165, 1.54) is 5.56 Å². The molecule has 3 heterocycles. The third kappa shape index (κ3) is 5.27. The minimum Gasteiger partial charge on any atom is -0.488 e. The second-order valence-corrected chi connectivity index (χ2v) is 10.4. The van der Waals surface area contributed by atoms with Crippen LogP contribution in [0.2, 0.25) is 0 Å². The van der Waals surface area contributed by atoms with Gasteiger partial charge >= 0.3 is 0 Å². The summed E-state index contributed by atoms with van der Waals surface area (Å²) < 4.78 is 5.97. The number of carbonyl (C=O) groups is 4. The maximum Gasteiger partial charge on any atom is 0.264 e. The van der Waals surface area contributed by atoms with Crippen LogP contribution in [0.4, 0.5) is 5.69 Å². The van der Waals surface area contributed by atoms with Crippen molar-refractivity contribution in [2.75, 3.05) is 18.4 Å². The number of fused-ring (bicyclic) bond motifs is 1. The molecule has 41 heavy (non-hydrogen) atoms. The zero-order valence-electron chi connectivity index (χ0n) is 22.1. The molecule has 1 atom stereocenters. The molecule has 3 aromatic carbocycles. The van der Waals surface area contributed by atoms with Gasteiger partial charge in [-0.3, -0.25) is 34.3 Å². The lowest BCUT2D eigenvalue weighted by atomic mass is 10.0. The highest BCUT2D eigenvalue weighted by Gasteiger charge is 2.45. The van der Waals surface area contributed by atoms with Gasteiger partial charge < -0.3 is 10.1 Å². The van der Waals surface area contributed by atoms with E-state index < -0.39 is 29.7 Å². The molecule has 3 aliphatic heterocycles. The number of piperidine rings is 1. The predicted molar refractivity (Wildman–Crippen MR) is 148 cm³/mol. The minimum absolute atomic E-state index is 0.0790. The van der Waals surface area contributed by atoms with Gasteiger partial charge in [0, 0.05) is 38.3 Å². The standard InChI is InChI=1S/C31H27N5O5/c32-14-19-8-10-22(11-9-19)41-23-17-35(18-23)16-21-6-4-20(5-7-21)15-33-25-3-1-2-24-28(25)31(40)36(30(24)39)26-12-13-27(37)34-29(26)38/h1-11,23,26,33H,12-13,15-18H2,(H,34,37,38). The van der Waals surface area contributed by atoms with Crippen molar-refractivity contribution in [1.82, 2.24) is 15.1 Å². The van der Waals surface area contributed by atoms with Crippen molar-refractivity contribution in [2.45, 2.75) is 38.1 Å². The molecule has 1 unspecified atom stereocenters. The van der Waals surface area contributed by atoms with E-state index in [-0.39, 0.29) is 30.1 Å². The lowest BCUT2D eigenvalue weighted by Gasteiger charge is -2.39. The molecule has 0 aliphatic carbocycles. The van der Waals surface area contributed by atoms with Gasteiger partial charge in [-0.15, -0.1) is 0 Å². The van der Waals surface area contributed by atoms with Gasteiger partial charge in [0.25, 0.3) is 11.8 Å². The Hall–Kier alpha value is -5.01. The van der Waals surface area contributed by atoms with Crippen molar-refractivity contribution in [3.8, 4) is 11.8 Å². The topological polar surface area (TPSA) is 132 Å². The fourth-order valence-corrected chi connectivity index (χ4v) is 5.41. The van der Waals surface area contributed by atoms with Crippen LogP contribution in [0.15, 0.2) is 66.7 Å². The largest absolute Gasteiger partial charge is 0.488 e. The average Bonchev–Trinajstić information content (AvgIpc) is 3.21. The Bertz CT molecular complexity index is 1570. The summed E-state index contributed by atoms with van der Waals surface area (Å²) in [4.78, 5) is 53.5. The Labute approximate surface area is 236 Å². The molecule has 2 N–H and O–H groups in total. The quantitative estimate of drug-likeness (QED) is 0.410. The van der Waals surface area contributed by atoms with E-state index in [9.17, 15) is 19.2 Å². The minimum atomic E-state index is -0.996. The number of ether oxygens (including phenoxy) is 1. The Morgan fingerprint density at radius 2 is 1.66 bits per heavy atom. The molecule has 2 fully saturated rings. The van der Waals surface area contributed by atoms with Crippen molar-refractivity contribution in [2.24, 2.45) is 0 Å². The van der Waals surface area contributed by atoms with Crippen LogP contribution in [0.5, 0.6) is 5.75 Å². The third-order valence-corrected chi connectivity index (χ3v) is 7.59. The normalized spacial score (nSPS) is 18.9. The molecule has 3 aromatic rings. The molecule has 0 radical (unpaired) electrons. The van der Waals surface area contributed by atoms with E-state index in [4.69, 9.17) is 10.00 Å². The number of benzene rings is 3. The zero-order chi connectivity index (χ0) is 28.5. The first-order chi connectivity index (χ1) is 19.9. The van der Waals surface area contributed by atoms with Crippen LogP contribution in [0.1, 0.15) is 50.2 Å². The van der Waals surface area contributed by atoms with Crippen molar-refractivity contribution in [3.05, 3.63) is 94.5 Å². The van der Waals surface area contributed by atoms with Crippen LogP contribution in [-0.4, -0.2) is 58.7 Å². The fourth-order valence-electron chi connectivity index (χ4n) is 5.41. The van der Waals surface area contributed by atoms with E-state index in [1.54, 1.807) is 30.3 Å². The SMILES string of the molecule is N#Cc1ccc(OC2CN(Cc3ccc(CNc4cccc5c4C(=O)N(C4CCC(=O)NC4=O)C5=O)cc3)C2)cc1. The van der Waals surface area contributed by atoms with E-state index in [1.807, 2.05) is 24.3 Å². The van der Waals surface area contributed by atoms with Gasteiger partial charge in [0.2, 0.25) is 11.8 Å². The predicted octanol–water partition coefficient (Wildman–Crippen LogP) is 2.83. The van der Waals surface area contributed by atoms with E-state index in [0.29, 0.717) is 17.8 Å². The summed E-state index contributed by atoms with van der Waals surface area (Å²) in [5.41, 5.74) is 3.81. The van der Waals surface area contributed by atoms with Crippen molar-refractivity contribution >= 4 is 29.3 Å². The Kier molecular flexibility index (Phi) is 6.95. The number of imide groups is 2. The molecule has 0 spiro atoms. The monoisotopic (exact) mass is 549 g/mol. The molecular formula is C31H27N5O5. The highest BCUT2D eigenvalue weighted by Crippen LogP contribution is 2.32. The highest BCUT2D eigenvalue weighted by molar-refractivity contribution is 6.25. The Morgan fingerprint density at radius 3 is 2.37 bits per heavy atom. The first-order valence-electron chi connectivity index (χ1n) is 13.4. The number of hydrogen-bond acceptors (Lipinski definition) is 8. The second kappa shape index (κ2) is 10.9. The second-order valence-electron chi connectivity index (χ2n) is 10.4. The van der Waals surface area contributed by atoms with Gasteiger partial charge in [0.05, 0.1) is 22.8 Å². The molecule has 10 heteroatoms. The Morgan fingerprint density at radius 1 is 0.927 bits per heavy atom. The van der Waals surface area contributed by atoms with Crippen molar-refractivity contribution in [3.63, 3.8) is 0 Å². The molecule has 3 aliphatic rings. The van der Waals surface area contributed by atoms with Crippen molar-refractivity contribution < 1.29 is 23.9 Å². The number of rotatable bonds is 8. The molecule has 0 aromatic heterocycles. The van der Waals surface area contributed by atoms with Gasteiger partial charge in [0.15, 0.2) is 0 Å². The highest BCUT2D eigenvalue weighted by atomic mass is 16.5. The van der Waals surface area contributed by atoms with Gasteiger partial charge in [-0.05, 0) is 53.9 Å². The summed E-state index contributed by atoms with van der Waals surface area (Å²) in [7, 11) is 0. The summed E-state index contributed by atoms with van der Waals surface area (Å²) in [6, 6.07) is 21.5. The maximum absolute atomic E-state index is 13.3. The number of carbonyl (C=O) groups excluding carboxylic acids is 4. The number of amides is 4. The van der Waals surface area contributed by atoms with Crippen LogP contribution in [0.3, 0.4) is 0 Å². The molecular weight excluding hydrogens is 522 g/mol. The fraction of sp³-hybridized carbons (Fsp3) is 0.258. The molecule has 4 amide bonds. The van der Waals surface area contributed by atoms with Crippen LogP contribution in [0.25, 0.3) is 0 Å². The lowest BCUT2D eigenvalue weighted by Crippen LogP contribution is -2.54.